The van der Waals surface area contributed by atoms with Crippen molar-refractivity contribution in [3.63, 3.8) is 0 Å². The van der Waals surface area contributed by atoms with Crippen molar-refractivity contribution in [2.75, 3.05) is 19.0 Å². The summed E-state index contributed by atoms with van der Waals surface area (Å²) >= 11 is 1.53. The van der Waals surface area contributed by atoms with Gasteiger partial charge in [-0.3, -0.25) is 9.59 Å². The molecule has 0 bridgehead atoms. The predicted molar refractivity (Wildman–Crippen MR) is 81.5 cm³/mol. The first-order chi connectivity index (χ1) is 11.3. The zero-order valence-corrected chi connectivity index (χ0v) is 14.1. The second-order valence-corrected chi connectivity index (χ2v) is 7.99. The summed E-state index contributed by atoms with van der Waals surface area (Å²) in [5.74, 6) is 0.226. The molecule has 0 radical (unpaired) electrons. The first-order valence-corrected chi connectivity index (χ1v) is 8.54. The average molecular weight is 361 g/mol. The van der Waals surface area contributed by atoms with Crippen LogP contribution < -0.4 is 5.32 Å². The Bertz CT molecular complexity index is 546. The minimum absolute atomic E-state index is 0.0372. The van der Waals surface area contributed by atoms with Gasteiger partial charge in [0.05, 0.1) is 24.1 Å². The van der Waals surface area contributed by atoms with E-state index in [1.807, 2.05) is 13.8 Å². The van der Waals surface area contributed by atoms with E-state index in [0.29, 0.717) is 12.2 Å². The smallest absolute Gasteiger partial charge is 0.294 e. The molecular formula is C13H19N3O7S. The summed E-state index contributed by atoms with van der Waals surface area (Å²) in [6, 6.07) is -0.987. The zero-order chi connectivity index (χ0) is 17.5. The maximum Gasteiger partial charge on any atom is 0.294 e. The molecule has 3 saturated heterocycles. The lowest BCUT2D eigenvalue weighted by Crippen LogP contribution is -2.54. The van der Waals surface area contributed by atoms with Crippen LogP contribution in [0.2, 0.25) is 0 Å². The van der Waals surface area contributed by atoms with Crippen LogP contribution >= 0.6 is 11.8 Å². The van der Waals surface area contributed by atoms with E-state index in [9.17, 15) is 19.7 Å². The number of rotatable bonds is 5. The summed E-state index contributed by atoms with van der Waals surface area (Å²) in [4.78, 5) is 39.9. The highest BCUT2D eigenvalue weighted by Crippen LogP contribution is 2.38. The monoisotopic (exact) mass is 361 g/mol. The van der Waals surface area contributed by atoms with Gasteiger partial charge in [0.1, 0.15) is 18.2 Å². The van der Waals surface area contributed by atoms with Gasteiger partial charge in [0.2, 0.25) is 12.3 Å². The Kier molecular flexibility index (Phi) is 4.58. The third kappa shape index (κ3) is 3.03. The molecule has 0 spiro atoms. The summed E-state index contributed by atoms with van der Waals surface area (Å²) in [6.07, 6.45) is -1.19. The molecular weight excluding hydrogens is 342 g/mol. The summed E-state index contributed by atoms with van der Waals surface area (Å²) in [7, 11) is 0. The van der Waals surface area contributed by atoms with Gasteiger partial charge in [-0.15, -0.1) is 21.9 Å². The molecule has 2 amide bonds. The number of hydrogen-bond donors (Lipinski definition) is 1. The fourth-order valence-electron chi connectivity index (χ4n) is 3.28. The Morgan fingerprint density at radius 2 is 2.12 bits per heavy atom. The van der Waals surface area contributed by atoms with Gasteiger partial charge >= 0.3 is 0 Å². The van der Waals surface area contributed by atoms with Gasteiger partial charge in [-0.25, -0.2) is 0 Å². The second kappa shape index (κ2) is 6.37. The van der Waals surface area contributed by atoms with E-state index < -0.39 is 40.4 Å². The van der Waals surface area contributed by atoms with Crippen molar-refractivity contribution in [3.8, 4) is 0 Å². The van der Waals surface area contributed by atoms with E-state index in [1.54, 1.807) is 0 Å². The Hall–Kier alpha value is -1.59. The van der Waals surface area contributed by atoms with Crippen molar-refractivity contribution < 1.29 is 29.0 Å². The predicted octanol–water partition coefficient (Wildman–Crippen LogP) is -0.844. The third-order valence-corrected chi connectivity index (χ3v) is 5.92. The quantitative estimate of drug-likeness (QED) is 0.382. The van der Waals surface area contributed by atoms with E-state index in [4.69, 9.17) is 9.47 Å². The van der Waals surface area contributed by atoms with E-state index in [1.165, 1.54) is 16.7 Å². The van der Waals surface area contributed by atoms with Gasteiger partial charge in [0.25, 0.3) is 5.09 Å². The van der Waals surface area contributed by atoms with Crippen LogP contribution in [-0.2, 0) is 23.9 Å². The molecule has 5 atom stereocenters. The highest BCUT2D eigenvalue weighted by atomic mass is 32.2. The Balaban J connectivity index is 1.60. The number of hydrogen-bond acceptors (Lipinski definition) is 8. The molecule has 0 aromatic carbocycles. The first-order valence-electron chi connectivity index (χ1n) is 7.56. The lowest BCUT2D eigenvalue weighted by Gasteiger charge is -2.31. The Labute approximate surface area is 142 Å². The SMILES string of the molecule is CC1(C)SC[C@@H](C(=O)N[C@H]2CO[C@H]3[C@@H]2OC[C@@H]3O[N+](=O)[O-])N1C=O. The van der Waals surface area contributed by atoms with Gasteiger partial charge < -0.3 is 24.5 Å². The largest absolute Gasteiger partial charge is 0.371 e. The number of thioether (sulfide) groups is 1. The van der Waals surface area contributed by atoms with Crippen LogP contribution in [0, 0.1) is 10.1 Å². The standard InChI is InChI=1S/C13H19N3O7S/c1-13(2)15(6-17)8(5-24-13)12(18)14-7-3-21-11-9(23-16(19)20)4-22-10(7)11/h6-11H,3-5H2,1-2H3,(H,14,18)/t7-,8-,9-,10+,11+/m0/s1. The maximum atomic E-state index is 12.5. The number of nitrogens with one attached hydrogen (secondary N) is 1. The van der Waals surface area contributed by atoms with E-state index in [0.717, 1.165) is 0 Å². The van der Waals surface area contributed by atoms with Crippen LogP contribution in [0.25, 0.3) is 0 Å². The third-order valence-electron chi connectivity index (χ3n) is 4.53. The second-order valence-electron chi connectivity index (χ2n) is 6.36. The van der Waals surface area contributed by atoms with Crippen molar-refractivity contribution in [3.05, 3.63) is 10.1 Å². The van der Waals surface area contributed by atoms with Gasteiger partial charge in [-0.2, -0.15) is 0 Å². The van der Waals surface area contributed by atoms with Crippen molar-refractivity contribution >= 4 is 24.1 Å². The number of fused-ring (bicyclic) bond motifs is 1. The molecule has 24 heavy (non-hydrogen) atoms. The Morgan fingerprint density at radius 3 is 2.79 bits per heavy atom. The molecule has 0 aliphatic carbocycles. The molecule has 11 heteroatoms. The van der Waals surface area contributed by atoms with Crippen LogP contribution in [0.15, 0.2) is 0 Å². The first kappa shape index (κ1) is 17.2. The van der Waals surface area contributed by atoms with Crippen molar-refractivity contribution in [2.45, 2.75) is 49.1 Å². The van der Waals surface area contributed by atoms with Crippen LogP contribution in [-0.4, -0.2) is 76.5 Å². The summed E-state index contributed by atoms with van der Waals surface area (Å²) in [5, 5.41) is 12.4. The van der Waals surface area contributed by atoms with Crippen LogP contribution in [0.1, 0.15) is 13.8 Å². The molecule has 1 N–H and O–H groups in total. The molecule has 0 aromatic heterocycles. The Morgan fingerprint density at radius 1 is 1.42 bits per heavy atom. The molecule has 0 aromatic rings. The lowest BCUT2D eigenvalue weighted by atomic mass is 10.1. The number of carbonyl (C=O) groups is 2. The van der Waals surface area contributed by atoms with E-state index in [2.05, 4.69) is 10.2 Å². The number of nitrogens with zero attached hydrogens (tertiary/aromatic N) is 2. The molecule has 3 fully saturated rings. The minimum Gasteiger partial charge on any atom is -0.371 e. The molecule has 3 aliphatic heterocycles. The van der Waals surface area contributed by atoms with Crippen LogP contribution in [0.4, 0.5) is 0 Å². The van der Waals surface area contributed by atoms with Gasteiger partial charge in [0.15, 0.2) is 6.10 Å². The molecule has 3 rings (SSSR count). The topological polar surface area (TPSA) is 120 Å². The van der Waals surface area contributed by atoms with Gasteiger partial charge in [0, 0.05) is 5.75 Å². The molecule has 3 aliphatic rings. The van der Waals surface area contributed by atoms with E-state index >= 15 is 0 Å². The van der Waals surface area contributed by atoms with Crippen molar-refractivity contribution in [2.24, 2.45) is 0 Å². The number of amides is 2. The fraction of sp³-hybridized carbons (Fsp3) is 0.846. The summed E-state index contributed by atoms with van der Waals surface area (Å²) < 4.78 is 11.0. The molecule has 10 nitrogen and oxygen atoms in total. The highest BCUT2D eigenvalue weighted by Gasteiger charge is 2.51. The minimum atomic E-state index is -0.870. The van der Waals surface area contributed by atoms with E-state index in [-0.39, 0.29) is 19.1 Å². The fourth-order valence-corrected chi connectivity index (χ4v) is 4.48. The van der Waals surface area contributed by atoms with Gasteiger partial charge in [-0.05, 0) is 13.8 Å². The van der Waals surface area contributed by atoms with Gasteiger partial charge in [-0.1, -0.05) is 0 Å². The average Bonchev–Trinajstić information content (AvgIpc) is 3.14. The summed E-state index contributed by atoms with van der Waals surface area (Å²) in [6.45, 7) is 3.99. The van der Waals surface area contributed by atoms with Crippen molar-refractivity contribution in [1.29, 1.82) is 0 Å². The number of ether oxygens (including phenoxy) is 2. The maximum absolute atomic E-state index is 12.5. The summed E-state index contributed by atoms with van der Waals surface area (Å²) in [5.41, 5.74) is 0. The molecule has 0 unspecified atom stereocenters. The normalized spacial score (nSPS) is 37.1. The number of carbonyl (C=O) groups excluding carboxylic acids is 2. The zero-order valence-electron chi connectivity index (χ0n) is 13.2. The van der Waals surface area contributed by atoms with Crippen LogP contribution in [0.5, 0.6) is 0 Å². The highest BCUT2D eigenvalue weighted by molar-refractivity contribution is 8.00. The molecule has 0 saturated carbocycles. The molecule has 134 valence electrons. The van der Waals surface area contributed by atoms with Crippen molar-refractivity contribution in [1.82, 2.24) is 10.2 Å². The lowest BCUT2D eigenvalue weighted by molar-refractivity contribution is -0.769. The molecule has 3 heterocycles. The van der Waals surface area contributed by atoms with Crippen LogP contribution in [0.3, 0.4) is 0 Å².